The van der Waals surface area contributed by atoms with Crippen molar-refractivity contribution in [3.63, 3.8) is 0 Å². The molecule has 142 valence electrons. The van der Waals surface area contributed by atoms with Crippen LogP contribution in [0.1, 0.15) is 22.0 Å². The SMILES string of the molecule is C=[N+]([O-])c1ccccc1C1NC(=O)NC=C1C(=O)c1ccc2c(c1)OCCO2. The molecule has 2 aliphatic heterocycles. The van der Waals surface area contributed by atoms with Crippen molar-refractivity contribution in [3.05, 3.63) is 70.6 Å². The molecule has 1 unspecified atom stereocenters. The topological polar surface area (TPSA) is 103 Å². The number of Topliss-reactive ketones (excluding diaryl/α,β-unsaturated/α-hetero) is 1. The number of ether oxygens (including phenoxy) is 2. The molecule has 8 nitrogen and oxygen atoms in total. The van der Waals surface area contributed by atoms with Crippen molar-refractivity contribution >= 4 is 24.2 Å². The largest absolute Gasteiger partial charge is 0.619 e. The number of hydrogen-bond donors (Lipinski definition) is 2. The summed E-state index contributed by atoms with van der Waals surface area (Å²) in [7, 11) is 0. The summed E-state index contributed by atoms with van der Waals surface area (Å²) in [5.74, 6) is 0.754. The molecule has 0 spiro atoms. The molecule has 2 aromatic rings. The van der Waals surface area contributed by atoms with Gasteiger partial charge in [0.25, 0.3) is 0 Å². The van der Waals surface area contributed by atoms with Crippen LogP contribution in [0.15, 0.2) is 54.2 Å². The maximum atomic E-state index is 13.2. The lowest BCUT2D eigenvalue weighted by Gasteiger charge is -2.26. The van der Waals surface area contributed by atoms with Crippen molar-refractivity contribution in [1.82, 2.24) is 10.6 Å². The lowest BCUT2D eigenvalue weighted by atomic mass is 9.91. The molecule has 2 heterocycles. The predicted octanol–water partition coefficient (Wildman–Crippen LogP) is 2.42. The number of benzene rings is 2. The second-order valence-corrected chi connectivity index (χ2v) is 6.28. The van der Waals surface area contributed by atoms with E-state index in [1.54, 1.807) is 42.5 Å². The van der Waals surface area contributed by atoms with Gasteiger partial charge in [0, 0.05) is 23.4 Å². The zero-order valence-corrected chi connectivity index (χ0v) is 14.8. The van der Waals surface area contributed by atoms with Crippen molar-refractivity contribution in [3.8, 4) is 11.5 Å². The molecule has 4 rings (SSSR count). The summed E-state index contributed by atoms with van der Waals surface area (Å²) in [5, 5.41) is 17.0. The summed E-state index contributed by atoms with van der Waals surface area (Å²) in [6, 6.07) is 10.3. The van der Waals surface area contributed by atoms with E-state index in [1.165, 1.54) is 6.20 Å². The van der Waals surface area contributed by atoms with Crippen molar-refractivity contribution in [2.45, 2.75) is 6.04 Å². The van der Waals surface area contributed by atoms with E-state index in [0.717, 1.165) is 0 Å². The minimum atomic E-state index is -0.802. The number of nitrogens with one attached hydrogen (secondary N) is 2. The third-order valence-corrected chi connectivity index (χ3v) is 4.53. The number of para-hydroxylation sites is 1. The van der Waals surface area contributed by atoms with E-state index in [4.69, 9.17) is 9.47 Å². The molecule has 0 saturated carbocycles. The Morgan fingerprint density at radius 2 is 1.89 bits per heavy atom. The first-order chi connectivity index (χ1) is 13.5. The van der Waals surface area contributed by atoms with Gasteiger partial charge in [0.1, 0.15) is 19.9 Å². The monoisotopic (exact) mass is 379 g/mol. The van der Waals surface area contributed by atoms with Crippen LogP contribution < -0.4 is 20.1 Å². The van der Waals surface area contributed by atoms with Gasteiger partial charge in [-0.3, -0.25) is 4.79 Å². The van der Waals surface area contributed by atoms with Crippen molar-refractivity contribution in [2.24, 2.45) is 0 Å². The number of rotatable bonds is 4. The molecule has 2 aromatic carbocycles. The first-order valence-corrected chi connectivity index (χ1v) is 8.63. The first-order valence-electron chi connectivity index (χ1n) is 8.63. The number of ketones is 1. The van der Waals surface area contributed by atoms with Crippen molar-refractivity contribution in [1.29, 1.82) is 0 Å². The van der Waals surface area contributed by atoms with Gasteiger partial charge in [-0.1, -0.05) is 12.1 Å². The Kier molecular flexibility index (Phi) is 4.44. The van der Waals surface area contributed by atoms with E-state index in [-0.39, 0.29) is 17.0 Å². The molecule has 0 aromatic heterocycles. The van der Waals surface area contributed by atoms with Gasteiger partial charge in [-0.05, 0) is 24.3 Å². The molecular weight excluding hydrogens is 362 g/mol. The first kappa shape index (κ1) is 17.6. The molecule has 0 fully saturated rings. The van der Waals surface area contributed by atoms with E-state index in [1.807, 2.05) is 0 Å². The Balaban J connectivity index is 1.74. The Bertz CT molecular complexity index is 1010. The van der Waals surface area contributed by atoms with Crippen molar-refractivity contribution in [2.75, 3.05) is 13.2 Å². The fourth-order valence-corrected chi connectivity index (χ4v) is 3.23. The molecule has 2 amide bonds. The lowest BCUT2D eigenvalue weighted by Crippen LogP contribution is -2.42. The number of amides is 2. The molecule has 2 N–H and O–H groups in total. The van der Waals surface area contributed by atoms with E-state index < -0.39 is 12.1 Å². The van der Waals surface area contributed by atoms with Crippen LogP contribution in [0.2, 0.25) is 0 Å². The number of carbonyl (C=O) groups excluding carboxylic acids is 2. The van der Waals surface area contributed by atoms with Gasteiger partial charge in [0.15, 0.2) is 17.3 Å². The minimum absolute atomic E-state index is 0.260. The highest BCUT2D eigenvalue weighted by Crippen LogP contribution is 2.35. The fraction of sp³-hybridized carbons (Fsp3) is 0.150. The summed E-state index contributed by atoms with van der Waals surface area (Å²) >= 11 is 0. The molecule has 1 atom stereocenters. The van der Waals surface area contributed by atoms with Crippen LogP contribution in [0.5, 0.6) is 11.5 Å². The summed E-state index contributed by atoms with van der Waals surface area (Å²) < 4.78 is 11.5. The van der Waals surface area contributed by atoms with Crippen LogP contribution in [0.3, 0.4) is 0 Å². The minimum Gasteiger partial charge on any atom is -0.619 e. The average Bonchev–Trinajstić information content (AvgIpc) is 2.72. The van der Waals surface area contributed by atoms with Crippen LogP contribution in [-0.2, 0) is 0 Å². The van der Waals surface area contributed by atoms with Gasteiger partial charge in [-0.25, -0.2) is 4.79 Å². The van der Waals surface area contributed by atoms with Gasteiger partial charge in [-0.15, -0.1) is 0 Å². The van der Waals surface area contributed by atoms with Crippen LogP contribution in [0.4, 0.5) is 10.5 Å². The Morgan fingerprint density at radius 3 is 2.68 bits per heavy atom. The molecule has 0 saturated heterocycles. The molecule has 2 aliphatic rings. The van der Waals surface area contributed by atoms with Gasteiger partial charge >= 0.3 is 6.03 Å². The highest BCUT2D eigenvalue weighted by Gasteiger charge is 2.32. The number of fused-ring (bicyclic) bond motifs is 1. The standard InChI is InChI=1S/C20H17N3O5/c1-23(26)15-5-3-2-4-13(15)18-14(11-21-20(25)22-18)19(24)12-6-7-16-17(10-12)28-9-8-27-16/h2-7,10-11,18H,1,8-9H2,(H2,21,22,25). The average molecular weight is 379 g/mol. The second-order valence-electron chi connectivity index (χ2n) is 6.28. The number of urea groups is 1. The van der Waals surface area contributed by atoms with E-state index in [0.29, 0.717) is 40.6 Å². The summed E-state index contributed by atoms with van der Waals surface area (Å²) in [6.07, 6.45) is 1.36. The highest BCUT2D eigenvalue weighted by atomic mass is 16.6. The zero-order valence-electron chi connectivity index (χ0n) is 14.8. The fourth-order valence-electron chi connectivity index (χ4n) is 3.23. The maximum absolute atomic E-state index is 13.2. The van der Waals surface area contributed by atoms with E-state index >= 15 is 0 Å². The normalized spacial score (nSPS) is 17.8. The quantitative estimate of drug-likeness (QED) is 0.279. The summed E-state index contributed by atoms with van der Waals surface area (Å²) in [4.78, 5) is 25.1. The van der Waals surface area contributed by atoms with Gasteiger partial charge < -0.3 is 25.3 Å². The summed E-state index contributed by atoms with van der Waals surface area (Å²) in [5.41, 5.74) is 1.39. The number of carbonyl (C=O) groups is 2. The third kappa shape index (κ3) is 3.16. The zero-order chi connectivity index (χ0) is 19.7. The van der Waals surface area contributed by atoms with Gasteiger partial charge in [0.2, 0.25) is 5.69 Å². The van der Waals surface area contributed by atoms with E-state index in [9.17, 15) is 14.8 Å². The molecule has 8 heteroatoms. The highest BCUT2D eigenvalue weighted by molar-refractivity contribution is 6.11. The molecule has 0 aliphatic carbocycles. The van der Waals surface area contributed by atoms with Crippen LogP contribution in [-0.4, -0.2) is 36.5 Å². The molecule has 28 heavy (non-hydrogen) atoms. The lowest BCUT2D eigenvalue weighted by molar-refractivity contribution is -0.350. The number of hydrogen-bond acceptors (Lipinski definition) is 5. The Hall–Kier alpha value is -3.81. The van der Waals surface area contributed by atoms with Crippen molar-refractivity contribution < 1.29 is 23.8 Å². The smallest absolute Gasteiger partial charge is 0.319 e. The maximum Gasteiger partial charge on any atom is 0.319 e. The molecule has 0 bridgehead atoms. The third-order valence-electron chi connectivity index (χ3n) is 4.53. The van der Waals surface area contributed by atoms with Gasteiger partial charge in [-0.2, -0.15) is 4.74 Å². The Labute approximate surface area is 160 Å². The molecule has 0 radical (unpaired) electrons. The summed E-state index contributed by atoms with van der Waals surface area (Å²) in [6.45, 7) is 4.24. The second kappa shape index (κ2) is 7.07. The number of nitrogens with zero attached hydrogens (tertiary/aromatic N) is 1. The van der Waals surface area contributed by atoms with E-state index in [2.05, 4.69) is 17.4 Å². The molecular formula is C20H17N3O5. The Morgan fingerprint density at radius 1 is 1.14 bits per heavy atom. The van der Waals surface area contributed by atoms with Crippen LogP contribution in [0, 0.1) is 5.21 Å². The van der Waals surface area contributed by atoms with Crippen LogP contribution >= 0.6 is 0 Å². The predicted molar refractivity (Wildman–Crippen MR) is 101 cm³/mol. The van der Waals surface area contributed by atoms with Crippen LogP contribution in [0.25, 0.3) is 0 Å². The van der Waals surface area contributed by atoms with Gasteiger partial charge in [0.05, 0.1) is 11.6 Å².